The molecular formula is C69H89Cl3O3P2. The maximum absolute atomic E-state index is 10.0. The SMILES string of the molecule is Cc1cc(O)c(C(C)(C)C)cc1C(C)(C)C.Cc1cc(OP(Oc2cc(C)c(C(C)(C)C)cc2C(C)(C)C)c2ccc(-c3ccccc3)cc2)c(C(C)(C)C)cc1C(C)(C)C.ClP(Cl)Cl.c1ccc(-c2ccccc2)cc1. The first-order valence-corrected chi connectivity index (χ1v) is 32.0. The average Bonchev–Trinajstić information content (AvgIpc) is 3.30. The molecule has 0 heterocycles. The van der Waals surface area contributed by atoms with Crippen LogP contribution in [0.25, 0.3) is 22.3 Å². The summed E-state index contributed by atoms with van der Waals surface area (Å²) in [6.45, 7) is 46.7. The highest BCUT2D eigenvalue weighted by Gasteiger charge is 2.31. The number of halogens is 3. The Labute approximate surface area is 483 Å². The molecule has 0 amide bonds. The van der Waals surface area contributed by atoms with Gasteiger partial charge in [0, 0.05) is 11.1 Å². The average molecular weight is 1130 g/mol. The normalized spacial score (nSPS) is 12.2. The van der Waals surface area contributed by atoms with Gasteiger partial charge in [0.25, 0.3) is 0 Å². The van der Waals surface area contributed by atoms with Crippen LogP contribution in [0.4, 0.5) is 0 Å². The molecule has 0 radical (unpaired) electrons. The van der Waals surface area contributed by atoms with Gasteiger partial charge in [-0.3, -0.25) is 0 Å². The first kappa shape index (κ1) is 65.2. The summed E-state index contributed by atoms with van der Waals surface area (Å²) in [6.07, 6.45) is 0. The Bertz CT molecular complexity index is 2810. The van der Waals surface area contributed by atoms with E-state index < -0.39 is 14.4 Å². The Morgan fingerprint density at radius 2 is 0.571 bits per heavy atom. The summed E-state index contributed by atoms with van der Waals surface area (Å²) < 4.78 is 14.2. The number of benzene rings is 7. The summed E-state index contributed by atoms with van der Waals surface area (Å²) in [6, 6.07) is 53.2. The molecule has 0 saturated carbocycles. The highest BCUT2D eigenvalue weighted by molar-refractivity contribution is 8.20. The minimum atomic E-state index is -1.52. The number of aryl methyl sites for hydroxylation is 3. The first-order chi connectivity index (χ1) is 35.4. The van der Waals surface area contributed by atoms with Gasteiger partial charge in [-0.15, -0.1) is 0 Å². The Balaban J connectivity index is 0.000000321. The predicted octanol–water partition coefficient (Wildman–Crippen LogP) is 22.8. The second-order valence-electron chi connectivity index (χ2n) is 26.3. The highest BCUT2D eigenvalue weighted by Crippen LogP contribution is 2.52. The van der Waals surface area contributed by atoms with Crippen LogP contribution in [0.2, 0.25) is 0 Å². The number of hydrogen-bond acceptors (Lipinski definition) is 3. The molecule has 0 fully saturated rings. The number of rotatable bonds is 7. The van der Waals surface area contributed by atoms with Crippen LogP contribution in [-0.2, 0) is 32.5 Å². The van der Waals surface area contributed by atoms with Gasteiger partial charge >= 0.3 is 8.38 Å². The molecule has 0 aliphatic heterocycles. The topological polar surface area (TPSA) is 38.7 Å². The van der Waals surface area contributed by atoms with Gasteiger partial charge in [0.1, 0.15) is 17.2 Å². The zero-order chi connectivity index (χ0) is 58.1. The Morgan fingerprint density at radius 1 is 0.325 bits per heavy atom. The van der Waals surface area contributed by atoms with E-state index in [2.05, 4.69) is 279 Å². The van der Waals surface area contributed by atoms with Crippen molar-refractivity contribution in [1.29, 1.82) is 0 Å². The molecule has 0 unspecified atom stereocenters. The fraction of sp³-hybridized carbons (Fsp3) is 0.391. The standard InChI is InChI=1S/C42H55O2P.C15H24O.C12H10.Cl3P/c1-28-24-37(35(41(9,10)11)26-33(28)39(3,4)5)43-45(32-22-20-31(21-23-32)30-18-16-15-17-19-30)44-38-25-29(2)34(40(6,7)8)27-36(38)42(12,13)14;1-10-8-13(16)12(15(5,6)7)9-11(10)14(2,3)4;1-3-7-11(8-4-1)12-9-5-2-6-10-12;1-4(2)3/h15-27H,1-14H3;8-9,16H,1-7H3;1-10H;. The van der Waals surface area contributed by atoms with Crippen LogP contribution >= 0.6 is 48.1 Å². The van der Waals surface area contributed by atoms with Crippen molar-refractivity contribution in [3.8, 4) is 39.5 Å². The van der Waals surface area contributed by atoms with E-state index >= 15 is 0 Å². The number of phenols is 1. The zero-order valence-electron chi connectivity index (χ0n) is 50.2. The van der Waals surface area contributed by atoms with Gasteiger partial charge in [-0.1, -0.05) is 280 Å². The molecule has 0 spiro atoms. The first-order valence-electron chi connectivity index (χ1n) is 26.7. The van der Waals surface area contributed by atoms with Gasteiger partial charge in [0.15, 0.2) is 5.98 Å². The molecule has 8 heteroatoms. The van der Waals surface area contributed by atoms with E-state index in [9.17, 15) is 5.11 Å². The van der Waals surface area contributed by atoms with E-state index in [4.69, 9.17) is 42.8 Å². The van der Waals surface area contributed by atoms with Crippen LogP contribution in [0.15, 0.2) is 152 Å². The molecule has 0 saturated heterocycles. The van der Waals surface area contributed by atoms with E-state index in [1.54, 1.807) is 0 Å². The van der Waals surface area contributed by atoms with E-state index in [-0.39, 0.29) is 32.5 Å². The van der Waals surface area contributed by atoms with Crippen molar-refractivity contribution in [3.05, 3.63) is 202 Å². The van der Waals surface area contributed by atoms with Crippen LogP contribution in [0.1, 0.15) is 175 Å². The quantitative estimate of drug-likeness (QED) is 0.162. The molecule has 77 heavy (non-hydrogen) atoms. The summed E-state index contributed by atoms with van der Waals surface area (Å²) in [5, 5.41) is 11.1. The lowest BCUT2D eigenvalue weighted by atomic mass is 9.78. The summed E-state index contributed by atoms with van der Waals surface area (Å²) in [5.41, 5.74) is 16.0. The Morgan fingerprint density at radius 3 is 0.844 bits per heavy atom. The van der Waals surface area contributed by atoms with Crippen LogP contribution in [-0.4, -0.2) is 5.11 Å². The number of aromatic hydroxyl groups is 1. The molecule has 0 aromatic heterocycles. The maximum atomic E-state index is 10.0. The molecule has 7 rings (SSSR count). The van der Waals surface area contributed by atoms with Gasteiger partial charge in [-0.05, 0) is 145 Å². The largest absolute Gasteiger partial charge is 0.508 e. The van der Waals surface area contributed by atoms with Crippen LogP contribution < -0.4 is 14.4 Å². The van der Waals surface area contributed by atoms with Gasteiger partial charge in [0.05, 0.1) is 5.30 Å². The van der Waals surface area contributed by atoms with Gasteiger partial charge in [-0.25, -0.2) is 0 Å². The third kappa shape index (κ3) is 19.5. The van der Waals surface area contributed by atoms with E-state index in [0.717, 1.165) is 27.9 Å². The lowest BCUT2D eigenvalue weighted by molar-refractivity contribution is 0.444. The molecule has 414 valence electrons. The third-order valence-corrected chi connectivity index (χ3v) is 14.7. The Hall–Kier alpha value is -4.33. The fourth-order valence-corrected chi connectivity index (χ4v) is 10.7. The predicted molar refractivity (Wildman–Crippen MR) is 343 cm³/mol. The summed E-state index contributed by atoms with van der Waals surface area (Å²) >= 11 is 14.6. The van der Waals surface area contributed by atoms with Crippen molar-refractivity contribution in [2.75, 3.05) is 0 Å². The molecule has 3 nitrogen and oxygen atoms in total. The third-order valence-electron chi connectivity index (χ3n) is 13.3. The van der Waals surface area contributed by atoms with Gasteiger partial charge in [-0.2, -0.15) is 0 Å². The van der Waals surface area contributed by atoms with Crippen LogP contribution in [0.5, 0.6) is 17.2 Å². The van der Waals surface area contributed by atoms with Crippen LogP contribution in [0.3, 0.4) is 0 Å². The lowest BCUT2D eigenvalue weighted by Crippen LogP contribution is -2.21. The monoisotopic (exact) mass is 1130 g/mol. The molecule has 0 aliphatic rings. The molecule has 7 aromatic carbocycles. The minimum Gasteiger partial charge on any atom is -0.508 e. The van der Waals surface area contributed by atoms with Crippen molar-refractivity contribution >= 4 is 53.4 Å². The van der Waals surface area contributed by atoms with E-state index in [1.165, 1.54) is 61.2 Å². The Kier molecular flexibility index (Phi) is 22.6. The van der Waals surface area contributed by atoms with Crippen molar-refractivity contribution < 1.29 is 14.2 Å². The van der Waals surface area contributed by atoms with Crippen LogP contribution in [0, 0.1) is 20.8 Å². The number of hydrogen-bond donors (Lipinski definition) is 1. The van der Waals surface area contributed by atoms with Crippen molar-refractivity contribution in [3.63, 3.8) is 0 Å². The summed E-state index contributed by atoms with van der Waals surface area (Å²) in [7, 11) is -1.52. The van der Waals surface area contributed by atoms with E-state index in [0.29, 0.717) is 5.75 Å². The molecule has 0 atom stereocenters. The molecule has 1 N–H and O–H groups in total. The molecule has 0 aliphatic carbocycles. The van der Waals surface area contributed by atoms with Crippen molar-refractivity contribution in [2.45, 2.75) is 178 Å². The number of phenolic OH excluding ortho intramolecular Hbond substituents is 1. The molecule has 7 aromatic rings. The second kappa shape index (κ2) is 26.8. The second-order valence-corrected chi connectivity index (χ2v) is 32.7. The zero-order valence-corrected chi connectivity index (χ0v) is 54.3. The summed E-state index contributed by atoms with van der Waals surface area (Å²) in [5.74, 6) is 1.00. The highest BCUT2D eigenvalue weighted by atomic mass is 36.0. The maximum Gasteiger partial charge on any atom is 0.326 e. The molecular weight excluding hydrogens is 1050 g/mol. The van der Waals surface area contributed by atoms with E-state index in [1.807, 2.05) is 18.2 Å². The smallest absolute Gasteiger partial charge is 0.326 e. The minimum absolute atomic E-state index is 0.0161. The van der Waals surface area contributed by atoms with Crippen molar-refractivity contribution in [2.24, 2.45) is 0 Å². The molecule has 0 bridgehead atoms. The van der Waals surface area contributed by atoms with Crippen molar-refractivity contribution in [1.82, 2.24) is 0 Å². The van der Waals surface area contributed by atoms with Gasteiger partial charge in [0.2, 0.25) is 0 Å². The fourth-order valence-electron chi connectivity index (χ4n) is 9.37. The van der Waals surface area contributed by atoms with Gasteiger partial charge < -0.3 is 14.2 Å². The summed E-state index contributed by atoms with van der Waals surface area (Å²) in [4.78, 5) is 0. The lowest BCUT2D eigenvalue weighted by Gasteiger charge is -2.32.